The average molecular weight is 377 g/mol. The molecule has 1 unspecified atom stereocenters. The summed E-state index contributed by atoms with van der Waals surface area (Å²) in [5, 5.41) is 17.7. The van der Waals surface area contributed by atoms with Crippen LogP contribution in [-0.2, 0) is 0 Å². The number of para-hydroxylation sites is 1. The molecular formula is C18H18Cl2N4O. The Morgan fingerprint density at radius 1 is 1.08 bits per heavy atom. The molecule has 7 heteroatoms. The number of hydrogen-bond donors (Lipinski definition) is 3. The lowest BCUT2D eigenvalue weighted by Crippen LogP contribution is -2.23. The summed E-state index contributed by atoms with van der Waals surface area (Å²) >= 11 is 12.0. The van der Waals surface area contributed by atoms with Gasteiger partial charge in [0.25, 0.3) is 0 Å². The SMILES string of the molecule is CCC(CO)Nc1nc(Nc2ccc(Cl)c(Cl)c2)nc2ccccc12. The molecule has 0 amide bonds. The number of halogens is 2. The van der Waals surface area contributed by atoms with Crippen LogP contribution < -0.4 is 10.6 Å². The molecule has 3 aromatic rings. The molecule has 130 valence electrons. The highest BCUT2D eigenvalue weighted by atomic mass is 35.5. The van der Waals surface area contributed by atoms with Gasteiger partial charge in [0.15, 0.2) is 0 Å². The third-order valence-corrected chi connectivity index (χ3v) is 4.57. The minimum Gasteiger partial charge on any atom is -0.394 e. The lowest BCUT2D eigenvalue weighted by atomic mass is 10.2. The predicted molar refractivity (Wildman–Crippen MR) is 104 cm³/mol. The molecule has 0 saturated carbocycles. The Kier molecular flexibility index (Phi) is 5.58. The van der Waals surface area contributed by atoms with Gasteiger partial charge in [-0.3, -0.25) is 0 Å². The molecule has 3 rings (SSSR count). The van der Waals surface area contributed by atoms with E-state index in [0.29, 0.717) is 21.8 Å². The zero-order valence-corrected chi connectivity index (χ0v) is 15.1. The fraction of sp³-hybridized carbons (Fsp3) is 0.222. The van der Waals surface area contributed by atoms with E-state index in [2.05, 4.69) is 20.6 Å². The van der Waals surface area contributed by atoms with E-state index in [0.717, 1.165) is 23.0 Å². The largest absolute Gasteiger partial charge is 0.394 e. The lowest BCUT2D eigenvalue weighted by molar-refractivity contribution is 0.271. The van der Waals surface area contributed by atoms with Crippen LogP contribution in [-0.4, -0.2) is 27.7 Å². The van der Waals surface area contributed by atoms with Gasteiger partial charge < -0.3 is 15.7 Å². The van der Waals surface area contributed by atoms with Crippen molar-refractivity contribution >= 4 is 51.6 Å². The summed E-state index contributed by atoms with van der Waals surface area (Å²) in [6.07, 6.45) is 0.782. The Bertz CT molecular complexity index is 884. The van der Waals surface area contributed by atoms with Crippen molar-refractivity contribution in [1.29, 1.82) is 0 Å². The number of hydrogen-bond acceptors (Lipinski definition) is 5. The first kappa shape index (κ1) is 17.7. The minimum absolute atomic E-state index is 0.0321. The number of nitrogens with zero attached hydrogens (tertiary/aromatic N) is 2. The Morgan fingerprint density at radius 3 is 2.60 bits per heavy atom. The monoisotopic (exact) mass is 376 g/mol. The van der Waals surface area contributed by atoms with Crippen LogP contribution in [0.3, 0.4) is 0 Å². The highest BCUT2D eigenvalue weighted by Gasteiger charge is 2.12. The maximum atomic E-state index is 9.47. The summed E-state index contributed by atoms with van der Waals surface area (Å²) in [7, 11) is 0. The van der Waals surface area contributed by atoms with E-state index >= 15 is 0 Å². The maximum Gasteiger partial charge on any atom is 0.229 e. The summed E-state index contributed by atoms with van der Waals surface area (Å²) in [5.74, 6) is 1.11. The first-order valence-electron chi connectivity index (χ1n) is 7.97. The van der Waals surface area contributed by atoms with Gasteiger partial charge in [-0.1, -0.05) is 42.3 Å². The van der Waals surface area contributed by atoms with E-state index in [-0.39, 0.29) is 12.6 Å². The molecule has 5 nitrogen and oxygen atoms in total. The van der Waals surface area contributed by atoms with E-state index in [1.165, 1.54) is 0 Å². The number of benzene rings is 2. The van der Waals surface area contributed by atoms with Crippen molar-refractivity contribution < 1.29 is 5.11 Å². The Balaban J connectivity index is 1.99. The topological polar surface area (TPSA) is 70.1 Å². The van der Waals surface area contributed by atoms with Crippen LogP contribution in [0.4, 0.5) is 17.5 Å². The molecule has 2 aromatic carbocycles. The van der Waals surface area contributed by atoms with Crippen LogP contribution in [0, 0.1) is 0 Å². The molecule has 1 heterocycles. The molecule has 0 aliphatic heterocycles. The Labute approximate surface area is 156 Å². The van der Waals surface area contributed by atoms with Crippen molar-refractivity contribution in [1.82, 2.24) is 9.97 Å². The lowest BCUT2D eigenvalue weighted by Gasteiger charge is -2.17. The summed E-state index contributed by atoms with van der Waals surface area (Å²) in [4.78, 5) is 9.10. The molecule has 3 N–H and O–H groups in total. The van der Waals surface area contributed by atoms with Gasteiger partial charge >= 0.3 is 0 Å². The van der Waals surface area contributed by atoms with Crippen LogP contribution in [0.5, 0.6) is 0 Å². The summed E-state index contributed by atoms with van der Waals surface area (Å²) in [6, 6.07) is 12.9. The number of aliphatic hydroxyl groups excluding tert-OH is 1. The molecule has 0 bridgehead atoms. The van der Waals surface area contributed by atoms with Crippen molar-refractivity contribution in [3.05, 3.63) is 52.5 Å². The van der Waals surface area contributed by atoms with E-state index in [1.807, 2.05) is 37.3 Å². The first-order chi connectivity index (χ1) is 12.1. The van der Waals surface area contributed by atoms with Crippen LogP contribution in [0.2, 0.25) is 10.0 Å². The molecule has 0 spiro atoms. The zero-order chi connectivity index (χ0) is 17.8. The minimum atomic E-state index is -0.0730. The smallest absolute Gasteiger partial charge is 0.229 e. The van der Waals surface area contributed by atoms with Crippen molar-refractivity contribution in [3.8, 4) is 0 Å². The first-order valence-corrected chi connectivity index (χ1v) is 8.72. The van der Waals surface area contributed by atoms with Crippen molar-refractivity contribution in [2.75, 3.05) is 17.2 Å². The quantitative estimate of drug-likeness (QED) is 0.572. The van der Waals surface area contributed by atoms with E-state index in [1.54, 1.807) is 12.1 Å². The standard InChI is InChI=1S/C18H18Cl2N4O/c1-2-11(10-25)21-17-13-5-3-4-6-16(13)23-18(24-17)22-12-7-8-14(19)15(20)9-12/h3-9,11,25H,2,10H2,1H3,(H2,21,22,23,24). The van der Waals surface area contributed by atoms with Crippen LogP contribution in [0.15, 0.2) is 42.5 Å². The molecule has 0 fully saturated rings. The van der Waals surface area contributed by atoms with E-state index in [9.17, 15) is 5.11 Å². The van der Waals surface area contributed by atoms with Gasteiger partial charge in [-0.2, -0.15) is 4.98 Å². The molecular weight excluding hydrogens is 359 g/mol. The van der Waals surface area contributed by atoms with Gasteiger partial charge in [0.1, 0.15) is 5.82 Å². The number of anilines is 3. The highest BCUT2D eigenvalue weighted by molar-refractivity contribution is 6.42. The van der Waals surface area contributed by atoms with Crippen LogP contribution in [0.1, 0.15) is 13.3 Å². The number of aromatic nitrogens is 2. The van der Waals surface area contributed by atoms with Crippen molar-refractivity contribution in [2.24, 2.45) is 0 Å². The third-order valence-electron chi connectivity index (χ3n) is 3.83. The maximum absolute atomic E-state index is 9.47. The van der Waals surface area contributed by atoms with Gasteiger partial charge in [-0.05, 0) is 36.8 Å². The number of rotatable bonds is 6. The molecule has 0 saturated heterocycles. The van der Waals surface area contributed by atoms with Crippen molar-refractivity contribution in [2.45, 2.75) is 19.4 Å². The van der Waals surface area contributed by atoms with Gasteiger partial charge in [0.05, 0.1) is 28.2 Å². The zero-order valence-electron chi connectivity index (χ0n) is 13.6. The van der Waals surface area contributed by atoms with Crippen LogP contribution in [0.25, 0.3) is 10.9 Å². The second-order valence-corrected chi connectivity index (χ2v) is 6.41. The second-order valence-electron chi connectivity index (χ2n) is 5.60. The number of nitrogens with one attached hydrogen (secondary N) is 2. The second kappa shape index (κ2) is 7.87. The molecule has 0 aliphatic carbocycles. The summed E-state index contributed by atoms with van der Waals surface area (Å²) in [5.41, 5.74) is 1.54. The summed E-state index contributed by atoms with van der Waals surface area (Å²) < 4.78 is 0. The van der Waals surface area contributed by atoms with Gasteiger partial charge in [-0.15, -0.1) is 0 Å². The molecule has 1 aromatic heterocycles. The van der Waals surface area contributed by atoms with E-state index < -0.39 is 0 Å². The number of aliphatic hydroxyl groups is 1. The molecule has 25 heavy (non-hydrogen) atoms. The van der Waals surface area contributed by atoms with Crippen molar-refractivity contribution in [3.63, 3.8) is 0 Å². The Hall–Kier alpha value is -2.08. The molecule has 1 atom stereocenters. The average Bonchev–Trinajstić information content (AvgIpc) is 2.62. The summed E-state index contributed by atoms with van der Waals surface area (Å²) in [6.45, 7) is 2.04. The van der Waals surface area contributed by atoms with E-state index in [4.69, 9.17) is 23.2 Å². The fourth-order valence-corrected chi connectivity index (χ4v) is 2.71. The normalized spacial score (nSPS) is 12.2. The van der Waals surface area contributed by atoms with Gasteiger partial charge in [0, 0.05) is 11.1 Å². The fourth-order valence-electron chi connectivity index (χ4n) is 2.42. The molecule has 0 aliphatic rings. The molecule has 0 radical (unpaired) electrons. The predicted octanol–water partition coefficient (Wildman–Crippen LogP) is 4.86. The third kappa shape index (κ3) is 4.12. The van der Waals surface area contributed by atoms with Gasteiger partial charge in [0.2, 0.25) is 5.95 Å². The number of fused-ring (bicyclic) bond motifs is 1. The van der Waals surface area contributed by atoms with Gasteiger partial charge in [-0.25, -0.2) is 4.98 Å². The Morgan fingerprint density at radius 2 is 1.88 bits per heavy atom. The highest BCUT2D eigenvalue weighted by Crippen LogP contribution is 2.28. The van der Waals surface area contributed by atoms with Crippen LogP contribution >= 0.6 is 23.2 Å².